The summed E-state index contributed by atoms with van der Waals surface area (Å²) in [6, 6.07) is 10.6. The second kappa shape index (κ2) is 6.58. The molecule has 0 fully saturated rings. The van der Waals surface area contributed by atoms with Crippen molar-refractivity contribution >= 4 is 5.69 Å². The number of aryl methyl sites for hydroxylation is 2. The summed E-state index contributed by atoms with van der Waals surface area (Å²) < 4.78 is 6.76. The number of ether oxygens (including phenoxy) is 1. The topological polar surface area (TPSA) is 56.8 Å². The highest BCUT2D eigenvalue weighted by Gasteiger charge is 2.44. The molecule has 0 amide bonds. The fourth-order valence-electron chi connectivity index (χ4n) is 4.70. The highest BCUT2D eigenvalue weighted by molar-refractivity contribution is 5.65. The highest BCUT2D eigenvalue weighted by atomic mass is 16.5. The lowest BCUT2D eigenvalue weighted by Crippen LogP contribution is -2.54. The summed E-state index contributed by atoms with van der Waals surface area (Å²) in [5.41, 5.74) is 5.83. The Hall–Kier alpha value is -3.08. The van der Waals surface area contributed by atoms with Crippen molar-refractivity contribution in [2.75, 3.05) is 13.1 Å². The molecule has 4 nitrogen and oxygen atoms in total. The van der Waals surface area contributed by atoms with E-state index in [9.17, 15) is 10.5 Å². The van der Waals surface area contributed by atoms with E-state index < -0.39 is 0 Å². The summed E-state index contributed by atoms with van der Waals surface area (Å²) in [5, 5.41) is 18.5. The molecule has 1 aromatic carbocycles. The molecule has 27 heavy (non-hydrogen) atoms. The van der Waals surface area contributed by atoms with Crippen LogP contribution in [-0.4, -0.2) is 13.1 Å². The molecular formula is C23H22N3O+. The maximum absolute atomic E-state index is 9.25. The molecule has 134 valence electrons. The van der Waals surface area contributed by atoms with Gasteiger partial charge in [0.25, 0.3) is 0 Å². The number of rotatable bonds is 2. The van der Waals surface area contributed by atoms with Crippen molar-refractivity contribution in [1.82, 2.24) is 4.48 Å². The smallest absolute Gasteiger partial charge is 0.187 e. The zero-order valence-electron chi connectivity index (χ0n) is 15.6. The van der Waals surface area contributed by atoms with Crippen LogP contribution in [0.15, 0.2) is 65.3 Å². The number of nitrogens with zero attached hydrogens (tertiary/aromatic N) is 3. The van der Waals surface area contributed by atoms with Gasteiger partial charge in [0, 0.05) is 29.5 Å². The molecule has 0 aromatic heterocycles. The molecule has 4 heteroatoms. The maximum Gasteiger partial charge on any atom is 0.187 e. The third-order valence-corrected chi connectivity index (χ3v) is 5.83. The van der Waals surface area contributed by atoms with Crippen LogP contribution in [0.1, 0.15) is 30.9 Å². The van der Waals surface area contributed by atoms with Crippen LogP contribution in [0.25, 0.3) is 0 Å². The first-order valence-corrected chi connectivity index (χ1v) is 9.39. The first-order valence-electron chi connectivity index (χ1n) is 9.39. The van der Waals surface area contributed by atoms with Crippen molar-refractivity contribution < 1.29 is 4.74 Å². The van der Waals surface area contributed by atoms with Crippen LogP contribution >= 0.6 is 0 Å². The molecule has 0 unspecified atom stereocenters. The Labute approximate surface area is 160 Å². The fraction of sp³-hybridized carbons (Fsp3) is 0.304. The average Bonchev–Trinajstić information content (AvgIpc) is 2.68. The van der Waals surface area contributed by atoms with Gasteiger partial charge in [-0.15, -0.1) is 0 Å². The highest BCUT2D eigenvalue weighted by Crippen LogP contribution is 2.45. The number of hydrogen-bond donors (Lipinski definition) is 0. The number of benzene rings is 1. The fourth-order valence-corrected chi connectivity index (χ4v) is 4.70. The predicted molar refractivity (Wildman–Crippen MR) is 105 cm³/mol. The van der Waals surface area contributed by atoms with E-state index in [1.165, 1.54) is 16.8 Å². The quantitative estimate of drug-likeness (QED) is 0.576. The van der Waals surface area contributed by atoms with Crippen LogP contribution in [0.2, 0.25) is 0 Å². The van der Waals surface area contributed by atoms with E-state index in [4.69, 9.17) is 4.74 Å². The van der Waals surface area contributed by atoms with Gasteiger partial charge in [-0.1, -0.05) is 18.2 Å². The van der Waals surface area contributed by atoms with E-state index in [1.54, 1.807) is 12.2 Å². The molecule has 0 aliphatic carbocycles. The third-order valence-electron chi connectivity index (χ3n) is 5.83. The van der Waals surface area contributed by atoms with Gasteiger partial charge in [-0.2, -0.15) is 10.5 Å². The molecule has 0 atom stereocenters. The van der Waals surface area contributed by atoms with Crippen molar-refractivity contribution in [3.05, 3.63) is 76.4 Å². The zero-order valence-corrected chi connectivity index (χ0v) is 15.6. The largest absolute Gasteiger partial charge is 0.456 e. The minimum Gasteiger partial charge on any atom is -0.456 e. The Balaban J connectivity index is 1.84. The summed E-state index contributed by atoms with van der Waals surface area (Å²) in [6.45, 7) is 8.33. The molecule has 0 saturated heterocycles. The standard InChI is InChI=1S/C23H22N3O/c1-16-12-20(21(14-24)15-25)13-22(27-16)17(2)26-10-4-8-18-6-3-7-19(23(18)26)9-5-11-26/h3,6-7,12-13H,2,4-5,8-11H2,1H3/q+1. The number of nitriles is 2. The number of quaternary nitrogens is 1. The van der Waals surface area contributed by atoms with Crippen molar-refractivity contribution in [3.63, 3.8) is 0 Å². The monoisotopic (exact) mass is 356 g/mol. The van der Waals surface area contributed by atoms with E-state index >= 15 is 0 Å². The first-order chi connectivity index (χ1) is 13.1. The molecule has 4 rings (SSSR count). The normalized spacial score (nSPS) is 19.4. The predicted octanol–water partition coefficient (Wildman–Crippen LogP) is 4.56. The van der Waals surface area contributed by atoms with Gasteiger partial charge in [0.1, 0.15) is 29.2 Å². The molecule has 0 radical (unpaired) electrons. The van der Waals surface area contributed by atoms with E-state index in [-0.39, 0.29) is 5.57 Å². The van der Waals surface area contributed by atoms with Gasteiger partial charge in [0.15, 0.2) is 11.5 Å². The van der Waals surface area contributed by atoms with Gasteiger partial charge < -0.3 is 4.74 Å². The summed E-state index contributed by atoms with van der Waals surface area (Å²) in [5.74, 6) is 1.34. The van der Waals surface area contributed by atoms with E-state index in [0.29, 0.717) is 17.1 Å². The number of para-hydroxylation sites is 1. The third kappa shape index (κ3) is 2.70. The van der Waals surface area contributed by atoms with Crippen LogP contribution in [0.5, 0.6) is 0 Å². The minimum absolute atomic E-state index is 0.0985. The van der Waals surface area contributed by atoms with Gasteiger partial charge >= 0.3 is 0 Å². The summed E-state index contributed by atoms with van der Waals surface area (Å²) in [7, 11) is 0. The summed E-state index contributed by atoms with van der Waals surface area (Å²) >= 11 is 0. The molecule has 3 heterocycles. The van der Waals surface area contributed by atoms with Crippen LogP contribution < -0.4 is 4.48 Å². The molecule has 1 aromatic rings. The van der Waals surface area contributed by atoms with Crippen LogP contribution in [-0.2, 0) is 17.6 Å². The minimum atomic E-state index is 0.0985. The van der Waals surface area contributed by atoms with E-state index in [1.807, 2.05) is 19.1 Å². The molecule has 3 aliphatic heterocycles. The van der Waals surface area contributed by atoms with Crippen LogP contribution in [0.3, 0.4) is 0 Å². The zero-order chi connectivity index (χ0) is 19.0. The van der Waals surface area contributed by atoms with E-state index in [0.717, 1.165) is 49.0 Å². The Morgan fingerprint density at radius 2 is 1.70 bits per heavy atom. The van der Waals surface area contributed by atoms with Crippen molar-refractivity contribution in [3.8, 4) is 12.1 Å². The lowest BCUT2D eigenvalue weighted by Gasteiger charge is -2.46. The number of allylic oxidation sites excluding steroid dienone is 5. The second-order valence-electron chi connectivity index (χ2n) is 7.41. The van der Waals surface area contributed by atoms with Gasteiger partial charge in [-0.3, -0.25) is 4.48 Å². The summed E-state index contributed by atoms with van der Waals surface area (Å²) in [6.07, 6.45) is 7.98. The molecule has 0 N–H and O–H groups in total. The van der Waals surface area contributed by atoms with Crippen molar-refractivity contribution in [2.24, 2.45) is 0 Å². The van der Waals surface area contributed by atoms with Crippen LogP contribution in [0.4, 0.5) is 5.69 Å². The first kappa shape index (κ1) is 17.3. The second-order valence-corrected chi connectivity index (χ2v) is 7.41. The Kier molecular flexibility index (Phi) is 4.22. The van der Waals surface area contributed by atoms with Gasteiger partial charge in [-0.25, -0.2) is 0 Å². The Morgan fingerprint density at radius 3 is 2.30 bits per heavy atom. The molecule has 0 saturated carbocycles. The van der Waals surface area contributed by atoms with Gasteiger partial charge in [0.05, 0.1) is 13.1 Å². The van der Waals surface area contributed by atoms with Gasteiger partial charge in [0.2, 0.25) is 0 Å². The lowest BCUT2D eigenvalue weighted by atomic mass is 9.88. The Bertz CT molecular complexity index is 967. The molecule has 0 spiro atoms. The van der Waals surface area contributed by atoms with E-state index in [2.05, 4.69) is 24.8 Å². The average molecular weight is 356 g/mol. The van der Waals surface area contributed by atoms with Crippen molar-refractivity contribution in [1.29, 1.82) is 10.5 Å². The molecule has 0 bridgehead atoms. The Morgan fingerprint density at radius 1 is 1.07 bits per heavy atom. The number of hydrogen-bond acceptors (Lipinski definition) is 3. The van der Waals surface area contributed by atoms with Gasteiger partial charge in [-0.05, 0) is 38.5 Å². The molecule has 3 aliphatic rings. The van der Waals surface area contributed by atoms with Crippen LogP contribution in [0, 0.1) is 22.7 Å². The van der Waals surface area contributed by atoms with Crippen molar-refractivity contribution in [2.45, 2.75) is 32.6 Å². The lowest BCUT2D eigenvalue weighted by molar-refractivity contribution is 0.245. The maximum atomic E-state index is 9.25. The SMILES string of the molecule is C=C(C1=CC(=C(C#N)C#N)C=C(C)O1)[N+]12CCCc3cccc(c31)CCC2. The summed E-state index contributed by atoms with van der Waals surface area (Å²) in [4.78, 5) is 0. The molecular weight excluding hydrogens is 334 g/mol.